The predicted molar refractivity (Wildman–Crippen MR) is 67.3 cm³/mol. The number of nitrogens with two attached hydrogens (primary N) is 1. The van der Waals surface area contributed by atoms with Crippen molar-refractivity contribution >= 4 is 5.69 Å². The Morgan fingerprint density at radius 1 is 1.16 bits per heavy atom. The lowest BCUT2D eigenvalue weighted by Gasteiger charge is -2.00. The second-order valence-electron chi connectivity index (χ2n) is 3.87. The van der Waals surface area contributed by atoms with E-state index in [2.05, 4.69) is 15.1 Å². The number of aromatic nitrogens is 3. The lowest BCUT2D eigenvalue weighted by molar-refractivity contribution is 0.430. The Morgan fingerprint density at radius 2 is 2.05 bits per heavy atom. The highest BCUT2D eigenvalue weighted by atomic mass is 19.1. The first kappa shape index (κ1) is 11.3. The molecule has 0 atom stereocenters. The molecule has 0 saturated heterocycles. The molecule has 0 aliphatic carbocycles. The minimum absolute atomic E-state index is 0.0504. The summed E-state index contributed by atoms with van der Waals surface area (Å²) in [6, 6.07) is 7.92. The minimum Gasteiger partial charge on any atom is -0.398 e. The normalized spacial score (nSPS) is 10.6. The van der Waals surface area contributed by atoms with E-state index in [9.17, 15) is 4.39 Å². The van der Waals surface area contributed by atoms with Crippen molar-refractivity contribution in [3.63, 3.8) is 0 Å². The number of halogens is 1. The van der Waals surface area contributed by atoms with Crippen molar-refractivity contribution in [2.75, 3.05) is 5.73 Å². The maximum Gasteiger partial charge on any atom is 0.263 e. The molecule has 2 N–H and O–H groups in total. The zero-order chi connectivity index (χ0) is 13.2. The van der Waals surface area contributed by atoms with E-state index in [1.165, 1.54) is 12.1 Å². The fourth-order valence-electron chi connectivity index (χ4n) is 1.70. The van der Waals surface area contributed by atoms with E-state index >= 15 is 0 Å². The van der Waals surface area contributed by atoms with Crippen molar-refractivity contribution in [1.29, 1.82) is 0 Å². The average Bonchev–Trinajstić information content (AvgIpc) is 2.89. The summed E-state index contributed by atoms with van der Waals surface area (Å²) in [5.74, 6) is -0.110. The Balaban J connectivity index is 2.07. The summed E-state index contributed by atoms with van der Waals surface area (Å²) in [5, 5.41) is 3.80. The number of hydrogen-bond acceptors (Lipinski definition) is 5. The molecule has 19 heavy (non-hydrogen) atoms. The van der Waals surface area contributed by atoms with E-state index in [0.29, 0.717) is 11.4 Å². The van der Waals surface area contributed by atoms with Crippen LogP contribution in [0.5, 0.6) is 0 Å². The number of hydrogen-bond donors (Lipinski definition) is 1. The second-order valence-corrected chi connectivity index (χ2v) is 3.87. The molecule has 0 radical (unpaired) electrons. The maximum absolute atomic E-state index is 13.7. The van der Waals surface area contributed by atoms with Gasteiger partial charge in [0.15, 0.2) is 0 Å². The fraction of sp³-hybridized carbons (Fsp3) is 0. The third kappa shape index (κ3) is 2.03. The van der Waals surface area contributed by atoms with E-state index in [1.807, 2.05) is 0 Å². The molecule has 0 aliphatic rings. The summed E-state index contributed by atoms with van der Waals surface area (Å²) >= 11 is 0. The van der Waals surface area contributed by atoms with E-state index in [-0.39, 0.29) is 17.1 Å². The third-order valence-corrected chi connectivity index (χ3v) is 2.61. The van der Waals surface area contributed by atoms with Gasteiger partial charge in [0.05, 0.1) is 5.56 Å². The lowest BCUT2D eigenvalue weighted by atomic mass is 10.1. The van der Waals surface area contributed by atoms with Crippen LogP contribution in [-0.4, -0.2) is 15.1 Å². The van der Waals surface area contributed by atoms with Crippen molar-refractivity contribution in [3.8, 4) is 22.8 Å². The Kier molecular flexibility index (Phi) is 2.68. The quantitative estimate of drug-likeness (QED) is 0.713. The predicted octanol–water partition coefficient (Wildman–Crippen LogP) is 2.52. The number of anilines is 1. The van der Waals surface area contributed by atoms with Gasteiger partial charge in [0.2, 0.25) is 5.82 Å². The number of benzene rings is 1. The molecular weight excluding hydrogens is 247 g/mol. The van der Waals surface area contributed by atoms with Crippen LogP contribution in [0.25, 0.3) is 22.8 Å². The molecule has 6 heteroatoms. The molecule has 0 unspecified atom stereocenters. The van der Waals surface area contributed by atoms with Crippen LogP contribution in [0.2, 0.25) is 0 Å². The summed E-state index contributed by atoms with van der Waals surface area (Å²) in [4.78, 5) is 8.09. The summed E-state index contributed by atoms with van der Waals surface area (Å²) in [6.45, 7) is 0. The van der Waals surface area contributed by atoms with Crippen LogP contribution in [0, 0.1) is 5.82 Å². The van der Waals surface area contributed by atoms with Crippen molar-refractivity contribution in [3.05, 3.63) is 48.5 Å². The van der Waals surface area contributed by atoms with E-state index in [0.717, 1.165) is 0 Å². The largest absolute Gasteiger partial charge is 0.398 e. The summed E-state index contributed by atoms with van der Waals surface area (Å²) in [6.07, 6.45) is 3.23. The molecule has 2 heterocycles. The monoisotopic (exact) mass is 256 g/mol. The first-order valence-corrected chi connectivity index (χ1v) is 5.54. The minimum atomic E-state index is -0.499. The molecule has 0 aliphatic heterocycles. The molecule has 94 valence electrons. The summed E-state index contributed by atoms with van der Waals surface area (Å²) < 4.78 is 18.8. The highest BCUT2D eigenvalue weighted by molar-refractivity contribution is 5.71. The van der Waals surface area contributed by atoms with Crippen molar-refractivity contribution in [1.82, 2.24) is 15.1 Å². The van der Waals surface area contributed by atoms with Crippen LogP contribution < -0.4 is 5.73 Å². The molecular formula is C13H9FN4O. The lowest BCUT2D eigenvalue weighted by Crippen LogP contribution is -1.93. The third-order valence-electron chi connectivity index (χ3n) is 2.61. The molecule has 3 aromatic rings. The summed E-state index contributed by atoms with van der Waals surface area (Å²) in [7, 11) is 0. The highest BCUT2D eigenvalue weighted by Crippen LogP contribution is 2.28. The molecule has 0 saturated carbocycles. The van der Waals surface area contributed by atoms with Crippen LogP contribution in [0.1, 0.15) is 0 Å². The number of nitrogen functional groups attached to an aromatic ring is 1. The molecule has 5 nitrogen and oxygen atoms in total. The molecule has 0 fully saturated rings. The van der Waals surface area contributed by atoms with Crippen LogP contribution in [-0.2, 0) is 0 Å². The standard InChI is InChI=1S/C13H9FN4O/c14-9-4-1-5-10(15)11(9)13-17-12(18-19-13)8-3-2-6-16-7-8/h1-7H,15H2. The van der Waals surface area contributed by atoms with Gasteiger partial charge < -0.3 is 10.3 Å². The van der Waals surface area contributed by atoms with E-state index in [4.69, 9.17) is 10.3 Å². The maximum atomic E-state index is 13.7. The van der Waals surface area contributed by atoms with E-state index in [1.54, 1.807) is 30.6 Å². The Morgan fingerprint density at radius 3 is 2.79 bits per heavy atom. The molecule has 1 aromatic carbocycles. The Bertz CT molecular complexity index is 691. The van der Waals surface area contributed by atoms with Crippen LogP contribution in [0.15, 0.2) is 47.2 Å². The van der Waals surface area contributed by atoms with Crippen LogP contribution in [0.3, 0.4) is 0 Å². The topological polar surface area (TPSA) is 77.8 Å². The fourth-order valence-corrected chi connectivity index (χ4v) is 1.70. The van der Waals surface area contributed by atoms with Gasteiger partial charge in [-0.2, -0.15) is 4.98 Å². The average molecular weight is 256 g/mol. The molecule has 0 amide bonds. The smallest absolute Gasteiger partial charge is 0.263 e. The number of rotatable bonds is 2. The van der Waals surface area contributed by atoms with Crippen LogP contribution >= 0.6 is 0 Å². The molecule has 0 spiro atoms. The zero-order valence-corrected chi connectivity index (χ0v) is 9.75. The van der Waals surface area contributed by atoms with Gasteiger partial charge >= 0.3 is 0 Å². The van der Waals surface area contributed by atoms with Gasteiger partial charge in [-0.15, -0.1) is 0 Å². The van der Waals surface area contributed by atoms with E-state index < -0.39 is 5.82 Å². The van der Waals surface area contributed by atoms with Gasteiger partial charge in [-0.3, -0.25) is 4.98 Å². The van der Waals surface area contributed by atoms with Gasteiger partial charge in [-0.05, 0) is 24.3 Å². The van der Waals surface area contributed by atoms with Gasteiger partial charge in [0.25, 0.3) is 5.89 Å². The van der Waals surface area contributed by atoms with Crippen molar-refractivity contribution in [2.45, 2.75) is 0 Å². The number of nitrogens with zero attached hydrogens (tertiary/aromatic N) is 3. The molecule has 0 bridgehead atoms. The second kappa shape index (κ2) is 4.49. The highest BCUT2D eigenvalue weighted by Gasteiger charge is 2.16. The Hall–Kier alpha value is -2.76. The summed E-state index contributed by atoms with van der Waals surface area (Å²) in [5.41, 5.74) is 6.78. The van der Waals surface area contributed by atoms with Gasteiger partial charge in [0.1, 0.15) is 5.82 Å². The van der Waals surface area contributed by atoms with Gasteiger partial charge in [-0.25, -0.2) is 4.39 Å². The first-order chi connectivity index (χ1) is 9.25. The zero-order valence-electron chi connectivity index (χ0n) is 9.75. The SMILES string of the molecule is Nc1cccc(F)c1-c1nc(-c2cccnc2)no1. The number of pyridine rings is 1. The molecule has 3 rings (SSSR count). The van der Waals surface area contributed by atoms with Crippen molar-refractivity contribution in [2.24, 2.45) is 0 Å². The Labute approximate surface area is 107 Å². The van der Waals surface area contributed by atoms with Crippen molar-refractivity contribution < 1.29 is 8.91 Å². The molecule has 2 aromatic heterocycles. The first-order valence-electron chi connectivity index (χ1n) is 5.54. The van der Waals surface area contributed by atoms with Gasteiger partial charge in [-0.1, -0.05) is 11.2 Å². The van der Waals surface area contributed by atoms with Crippen LogP contribution in [0.4, 0.5) is 10.1 Å². The van der Waals surface area contributed by atoms with Gasteiger partial charge in [0, 0.05) is 23.6 Å².